The Balaban J connectivity index is 4.49. The fraction of sp³-hybridized carbons (Fsp3) is 0.385. The van der Waals surface area contributed by atoms with Crippen molar-refractivity contribution in [3.63, 3.8) is 0 Å². The van der Waals surface area contributed by atoms with Crippen molar-refractivity contribution in [1.29, 1.82) is 0 Å². The van der Waals surface area contributed by atoms with Crippen molar-refractivity contribution in [3.05, 3.63) is 47.7 Å². The van der Waals surface area contributed by atoms with E-state index < -0.39 is 0 Å². The summed E-state index contributed by atoms with van der Waals surface area (Å²) in [4.78, 5) is 1.96. The van der Waals surface area contributed by atoms with Crippen LogP contribution in [0.5, 0.6) is 0 Å². The molecule has 78 valence electrons. The lowest BCUT2D eigenvalue weighted by atomic mass is 10.1. The first-order valence-corrected chi connectivity index (χ1v) is 4.74. The van der Waals surface area contributed by atoms with Gasteiger partial charge in [-0.25, -0.2) is 0 Å². The molecule has 0 bridgehead atoms. The highest BCUT2D eigenvalue weighted by Crippen LogP contribution is 2.11. The van der Waals surface area contributed by atoms with Crippen LogP contribution in [0.3, 0.4) is 0 Å². The van der Waals surface area contributed by atoms with E-state index in [-0.39, 0.29) is 0 Å². The van der Waals surface area contributed by atoms with Gasteiger partial charge in [-0.2, -0.15) is 0 Å². The molecule has 14 heavy (non-hydrogen) atoms. The van der Waals surface area contributed by atoms with E-state index in [1.807, 2.05) is 25.1 Å². The highest BCUT2D eigenvalue weighted by atomic mass is 15.1. The summed E-state index contributed by atoms with van der Waals surface area (Å²) in [6.07, 6.45) is 4.08. The highest BCUT2D eigenvalue weighted by molar-refractivity contribution is 5.37. The lowest BCUT2D eigenvalue weighted by Crippen LogP contribution is -2.10. The van der Waals surface area contributed by atoms with Gasteiger partial charge in [0.2, 0.25) is 0 Å². The van der Waals surface area contributed by atoms with E-state index in [1.54, 1.807) is 0 Å². The second kappa shape index (κ2) is 5.48. The molecule has 0 aliphatic rings. The second-order valence-electron chi connectivity index (χ2n) is 3.88. The monoisotopic (exact) mass is 191 g/mol. The molecule has 0 aliphatic carbocycles. The molecule has 0 aromatic rings. The Morgan fingerprint density at radius 3 is 1.86 bits per heavy atom. The lowest BCUT2D eigenvalue weighted by molar-refractivity contribution is 0.527. The fourth-order valence-corrected chi connectivity index (χ4v) is 0.776. The van der Waals surface area contributed by atoms with E-state index in [2.05, 4.69) is 40.0 Å². The van der Waals surface area contributed by atoms with Gasteiger partial charge in [-0.1, -0.05) is 36.5 Å². The van der Waals surface area contributed by atoms with E-state index >= 15 is 0 Å². The minimum absolute atomic E-state index is 0.947. The molecule has 1 nitrogen and oxygen atoms in total. The summed E-state index contributed by atoms with van der Waals surface area (Å²) in [5.41, 5.74) is 4.50. The lowest BCUT2D eigenvalue weighted by Gasteiger charge is -2.15. The molecule has 0 heterocycles. The number of allylic oxidation sites excluding steroid dienone is 4. The zero-order valence-corrected chi connectivity index (χ0v) is 10.0. The van der Waals surface area contributed by atoms with Crippen LogP contribution in [0.1, 0.15) is 20.8 Å². The Kier molecular flexibility index (Phi) is 5.00. The van der Waals surface area contributed by atoms with E-state index in [0.717, 1.165) is 11.3 Å². The normalized spacial score (nSPS) is 10.1. The van der Waals surface area contributed by atoms with Gasteiger partial charge < -0.3 is 4.90 Å². The van der Waals surface area contributed by atoms with E-state index in [0.29, 0.717) is 0 Å². The zero-order chi connectivity index (χ0) is 11.3. The molecule has 0 N–H and O–H groups in total. The third-order valence-corrected chi connectivity index (χ3v) is 2.23. The molecule has 0 radical (unpaired) electrons. The first-order chi connectivity index (χ1) is 6.36. The summed E-state index contributed by atoms with van der Waals surface area (Å²) in [6.45, 7) is 14.2. The Hall–Kier alpha value is -1.24. The molecule has 0 atom stereocenters. The van der Waals surface area contributed by atoms with Crippen LogP contribution in [0.4, 0.5) is 0 Å². The first-order valence-electron chi connectivity index (χ1n) is 4.74. The standard InChI is InChI=1S/C13H21N/c1-10(2)11(3)8-9-12(4)13(5)14(6)7/h8-9H,4-5H2,1-3,6-7H3/b9-8-. The van der Waals surface area contributed by atoms with Crippen LogP contribution >= 0.6 is 0 Å². The van der Waals surface area contributed by atoms with Crippen LogP contribution in [0.25, 0.3) is 0 Å². The molecule has 0 aromatic heterocycles. The Morgan fingerprint density at radius 1 is 1.00 bits per heavy atom. The topological polar surface area (TPSA) is 3.24 Å². The van der Waals surface area contributed by atoms with Crippen LogP contribution in [0.15, 0.2) is 47.7 Å². The predicted octanol–water partition coefficient (Wildman–Crippen LogP) is 3.53. The Labute approximate surface area is 88.1 Å². The van der Waals surface area contributed by atoms with Crippen LogP contribution in [-0.2, 0) is 0 Å². The molecular weight excluding hydrogens is 170 g/mol. The van der Waals surface area contributed by atoms with Crippen molar-refractivity contribution in [2.75, 3.05) is 14.1 Å². The van der Waals surface area contributed by atoms with Gasteiger partial charge in [0, 0.05) is 19.8 Å². The number of hydrogen-bond donors (Lipinski definition) is 0. The molecule has 0 amide bonds. The highest BCUT2D eigenvalue weighted by Gasteiger charge is 1.97. The third-order valence-electron chi connectivity index (χ3n) is 2.23. The molecule has 0 aliphatic heterocycles. The molecule has 0 aromatic carbocycles. The number of likely N-dealkylation sites (N-methyl/N-ethyl adjacent to an activating group) is 1. The van der Waals surface area contributed by atoms with Gasteiger partial charge in [0.25, 0.3) is 0 Å². The summed E-state index contributed by atoms with van der Waals surface area (Å²) in [5.74, 6) is 0. The molecule has 0 unspecified atom stereocenters. The largest absolute Gasteiger partial charge is 0.378 e. The van der Waals surface area contributed by atoms with Crippen molar-refractivity contribution in [2.24, 2.45) is 0 Å². The maximum absolute atomic E-state index is 3.96. The smallest absolute Gasteiger partial charge is 0.0355 e. The van der Waals surface area contributed by atoms with Gasteiger partial charge in [-0.15, -0.1) is 0 Å². The molecule has 0 spiro atoms. The number of rotatable bonds is 4. The van der Waals surface area contributed by atoms with Gasteiger partial charge in [0.15, 0.2) is 0 Å². The molecule has 0 saturated heterocycles. The van der Waals surface area contributed by atoms with Gasteiger partial charge in [-0.05, 0) is 26.3 Å². The predicted molar refractivity (Wildman–Crippen MR) is 65.2 cm³/mol. The second-order valence-corrected chi connectivity index (χ2v) is 3.88. The van der Waals surface area contributed by atoms with Gasteiger partial charge >= 0.3 is 0 Å². The van der Waals surface area contributed by atoms with Gasteiger partial charge in [0.05, 0.1) is 0 Å². The van der Waals surface area contributed by atoms with E-state index in [9.17, 15) is 0 Å². The number of nitrogens with zero attached hydrogens (tertiary/aromatic N) is 1. The average Bonchev–Trinajstić information content (AvgIpc) is 2.11. The fourth-order valence-electron chi connectivity index (χ4n) is 0.776. The van der Waals surface area contributed by atoms with E-state index in [4.69, 9.17) is 0 Å². The molecule has 0 saturated carbocycles. The SMILES string of the molecule is C=C(/C=C\C(C)=C(C)C)C(=C)N(C)C. The molecular formula is C13H21N. The van der Waals surface area contributed by atoms with Crippen molar-refractivity contribution in [3.8, 4) is 0 Å². The maximum Gasteiger partial charge on any atom is 0.0355 e. The van der Waals surface area contributed by atoms with E-state index in [1.165, 1.54) is 11.1 Å². The molecule has 0 rings (SSSR count). The van der Waals surface area contributed by atoms with Gasteiger partial charge in [0.1, 0.15) is 0 Å². The summed E-state index contributed by atoms with van der Waals surface area (Å²) >= 11 is 0. The van der Waals surface area contributed by atoms with Crippen molar-refractivity contribution in [1.82, 2.24) is 4.90 Å². The maximum atomic E-state index is 3.96. The average molecular weight is 191 g/mol. The van der Waals surface area contributed by atoms with Crippen LogP contribution in [-0.4, -0.2) is 19.0 Å². The zero-order valence-electron chi connectivity index (χ0n) is 10.0. The Morgan fingerprint density at radius 2 is 1.50 bits per heavy atom. The molecule has 1 heteroatoms. The van der Waals surface area contributed by atoms with Crippen LogP contribution < -0.4 is 0 Å². The van der Waals surface area contributed by atoms with Crippen molar-refractivity contribution in [2.45, 2.75) is 20.8 Å². The summed E-state index contributed by atoms with van der Waals surface area (Å²) in [7, 11) is 3.93. The van der Waals surface area contributed by atoms with Crippen LogP contribution in [0.2, 0.25) is 0 Å². The first kappa shape index (κ1) is 12.8. The summed E-state index contributed by atoms with van der Waals surface area (Å²) in [6, 6.07) is 0. The van der Waals surface area contributed by atoms with Crippen LogP contribution in [0, 0.1) is 0 Å². The third kappa shape index (κ3) is 4.13. The minimum Gasteiger partial charge on any atom is -0.378 e. The Bertz CT molecular complexity index is 286. The van der Waals surface area contributed by atoms with Crippen molar-refractivity contribution >= 4 is 0 Å². The minimum atomic E-state index is 0.947. The van der Waals surface area contributed by atoms with Crippen molar-refractivity contribution < 1.29 is 0 Å². The van der Waals surface area contributed by atoms with Gasteiger partial charge in [-0.3, -0.25) is 0 Å². The summed E-state index contributed by atoms with van der Waals surface area (Å²) in [5, 5.41) is 0. The molecule has 0 fully saturated rings. The number of hydrogen-bond acceptors (Lipinski definition) is 1. The summed E-state index contributed by atoms with van der Waals surface area (Å²) < 4.78 is 0. The quantitative estimate of drug-likeness (QED) is 0.614.